The van der Waals surface area contributed by atoms with E-state index >= 15 is 0 Å². The van der Waals surface area contributed by atoms with Crippen LogP contribution in [-0.2, 0) is 10.2 Å². The highest BCUT2D eigenvalue weighted by molar-refractivity contribution is 7.10. The van der Waals surface area contributed by atoms with E-state index in [1.165, 1.54) is 4.88 Å². The highest BCUT2D eigenvalue weighted by Gasteiger charge is 2.33. The zero-order valence-electron chi connectivity index (χ0n) is 8.40. The van der Waals surface area contributed by atoms with Gasteiger partial charge < -0.3 is 9.84 Å². The summed E-state index contributed by atoms with van der Waals surface area (Å²) in [6, 6.07) is 4.16. The Morgan fingerprint density at radius 1 is 1.64 bits per heavy atom. The third-order valence-electron chi connectivity index (χ3n) is 2.91. The highest BCUT2D eigenvalue weighted by atomic mass is 32.1. The third kappa shape index (κ3) is 1.85. The van der Waals surface area contributed by atoms with Crippen LogP contribution in [0.25, 0.3) is 0 Å². The van der Waals surface area contributed by atoms with Crippen LogP contribution < -0.4 is 0 Å². The SMILES string of the molecule is CC(CO)(CC1COC1)c1cccs1. The molecule has 1 atom stereocenters. The molecule has 1 aromatic heterocycles. The first-order chi connectivity index (χ1) is 6.74. The number of aliphatic hydroxyl groups is 1. The third-order valence-corrected chi connectivity index (χ3v) is 4.09. The van der Waals surface area contributed by atoms with E-state index in [2.05, 4.69) is 18.4 Å². The Morgan fingerprint density at radius 3 is 2.86 bits per heavy atom. The van der Waals surface area contributed by atoms with Crippen molar-refractivity contribution in [1.82, 2.24) is 0 Å². The van der Waals surface area contributed by atoms with Gasteiger partial charge in [0, 0.05) is 16.2 Å². The summed E-state index contributed by atoms with van der Waals surface area (Å²) in [6.45, 7) is 4.09. The number of thiophene rings is 1. The van der Waals surface area contributed by atoms with Gasteiger partial charge in [-0.15, -0.1) is 11.3 Å². The lowest BCUT2D eigenvalue weighted by Crippen LogP contribution is -2.37. The Balaban J connectivity index is 2.08. The molecule has 2 heterocycles. The maximum Gasteiger partial charge on any atom is 0.0533 e. The fourth-order valence-electron chi connectivity index (χ4n) is 1.90. The van der Waals surface area contributed by atoms with E-state index in [1.807, 2.05) is 6.07 Å². The van der Waals surface area contributed by atoms with E-state index in [-0.39, 0.29) is 12.0 Å². The van der Waals surface area contributed by atoms with Crippen molar-refractivity contribution >= 4 is 11.3 Å². The quantitative estimate of drug-likeness (QED) is 0.827. The first-order valence-corrected chi connectivity index (χ1v) is 5.85. The van der Waals surface area contributed by atoms with Crippen LogP contribution >= 0.6 is 11.3 Å². The average Bonchev–Trinajstić information content (AvgIpc) is 2.64. The van der Waals surface area contributed by atoms with Crippen molar-refractivity contribution in [3.8, 4) is 0 Å². The van der Waals surface area contributed by atoms with Crippen molar-refractivity contribution in [2.75, 3.05) is 19.8 Å². The Bertz CT molecular complexity index is 279. The molecule has 0 bridgehead atoms. The van der Waals surface area contributed by atoms with Crippen molar-refractivity contribution in [1.29, 1.82) is 0 Å². The second-order valence-corrected chi connectivity index (χ2v) is 5.25. The van der Waals surface area contributed by atoms with E-state index in [0.29, 0.717) is 5.92 Å². The number of rotatable bonds is 4. The van der Waals surface area contributed by atoms with E-state index in [0.717, 1.165) is 19.6 Å². The molecule has 1 N–H and O–H groups in total. The fraction of sp³-hybridized carbons (Fsp3) is 0.636. The molecule has 3 heteroatoms. The summed E-state index contributed by atoms with van der Waals surface area (Å²) in [5, 5.41) is 11.6. The number of hydrogen-bond acceptors (Lipinski definition) is 3. The molecule has 1 aliphatic rings. The van der Waals surface area contributed by atoms with Crippen LogP contribution in [-0.4, -0.2) is 24.9 Å². The minimum atomic E-state index is -0.0669. The molecule has 0 saturated carbocycles. The lowest BCUT2D eigenvalue weighted by atomic mass is 9.79. The van der Waals surface area contributed by atoms with E-state index in [1.54, 1.807) is 11.3 Å². The lowest BCUT2D eigenvalue weighted by molar-refractivity contribution is -0.0482. The molecule has 0 aliphatic carbocycles. The zero-order valence-corrected chi connectivity index (χ0v) is 9.22. The van der Waals surface area contributed by atoms with Crippen LogP contribution in [0.4, 0.5) is 0 Å². The molecule has 0 aromatic carbocycles. The van der Waals surface area contributed by atoms with Gasteiger partial charge in [0.25, 0.3) is 0 Å². The summed E-state index contributed by atoms with van der Waals surface area (Å²) in [4.78, 5) is 1.28. The second kappa shape index (κ2) is 4.01. The summed E-state index contributed by atoms with van der Waals surface area (Å²) in [5.74, 6) is 0.634. The first kappa shape index (κ1) is 10.1. The van der Waals surface area contributed by atoms with Crippen LogP contribution in [0.5, 0.6) is 0 Å². The summed E-state index contributed by atoms with van der Waals surface area (Å²) in [6.07, 6.45) is 1.03. The molecule has 1 fully saturated rings. The standard InChI is InChI=1S/C11H16O2S/c1-11(8-12,5-9-6-13-7-9)10-3-2-4-14-10/h2-4,9,12H,5-8H2,1H3. The predicted octanol–water partition coefficient (Wildman–Crippen LogP) is 2.03. The maximum atomic E-state index is 9.49. The normalized spacial score (nSPS) is 21.6. The van der Waals surface area contributed by atoms with Crippen molar-refractivity contribution < 1.29 is 9.84 Å². The minimum absolute atomic E-state index is 0.0669. The molecule has 1 saturated heterocycles. The fourth-order valence-corrected chi connectivity index (χ4v) is 2.80. The molecule has 14 heavy (non-hydrogen) atoms. The molecule has 1 aromatic rings. The summed E-state index contributed by atoms with van der Waals surface area (Å²) in [7, 11) is 0. The number of ether oxygens (including phenoxy) is 1. The molecule has 0 amide bonds. The molecule has 0 spiro atoms. The van der Waals surface area contributed by atoms with Gasteiger partial charge in [-0.3, -0.25) is 0 Å². The van der Waals surface area contributed by atoms with Gasteiger partial charge in [0.2, 0.25) is 0 Å². The Hall–Kier alpha value is -0.380. The van der Waals surface area contributed by atoms with Gasteiger partial charge in [-0.25, -0.2) is 0 Å². The molecule has 1 aliphatic heterocycles. The summed E-state index contributed by atoms with van der Waals surface area (Å²) in [5.41, 5.74) is -0.0669. The molecule has 2 rings (SSSR count). The Kier molecular flexibility index (Phi) is 2.91. The molecular formula is C11H16O2S. The van der Waals surface area contributed by atoms with E-state index in [4.69, 9.17) is 4.74 Å². The second-order valence-electron chi connectivity index (χ2n) is 4.30. The minimum Gasteiger partial charge on any atom is -0.395 e. The van der Waals surface area contributed by atoms with Gasteiger partial charge in [-0.05, 0) is 17.9 Å². The van der Waals surface area contributed by atoms with Gasteiger partial charge in [0.05, 0.1) is 19.8 Å². The summed E-state index contributed by atoms with van der Waals surface area (Å²) >= 11 is 1.73. The van der Waals surface area contributed by atoms with Crippen molar-refractivity contribution in [3.05, 3.63) is 22.4 Å². The Morgan fingerprint density at radius 2 is 2.43 bits per heavy atom. The largest absolute Gasteiger partial charge is 0.395 e. The monoisotopic (exact) mass is 212 g/mol. The van der Waals surface area contributed by atoms with Gasteiger partial charge in [0.1, 0.15) is 0 Å². The van der Waals surface area contributed by atoms with E-state index < -0.39 is 0 Å². The topological polar surface area (TPSA) is 29.5 Å². The van der Waals surface area contributed by atoms with Crippen molar-refractivity contribution in [2.45, 2.75) is 18.8 Å². The number of aliphatic hydroxyl groups excluding tert-OH is 1. The van der Waals surface area contributed by atoms with Gasteiger partial charge in [-0.1, -0.05) is 13.0 Å². The molecule has 78 valence electrons. The predicted molar refractivity (Wildman–Crippen MR) is 57.7 cm³/mol. The summed E-state index contributed by atoms with van der Waals surface area (Å²) < 4.78 is 5.16. The molecule has 2 nitrogen and oxygen atoms in total. The smallest absolute Gasteiger partial charge is 0.0533 e. The molecular weight excluding hydrogens is 196 g/mol. The van der Waals surface area contributed by atoms with Crippen molar-refractivity contribution in [2.24, 2.45) is 5.92 Å². The highest BCUT2D eigenvalue weighted by Crippen LogP contribution is 2.35. The van der Waals surface area contributed by atoms with Crippen LogP contribution in [0.3, 0.4) is 0 Å². The zero-order chi connectivity index (χ0) is 10.0. The molecule has 0 radical (unpaired) electrons. The average molecular weight is 212 g/mol. The Labute approximate surface area is 88.5 Å². The number of hydrogen-bond donors (Lipinski definition) is 1. The molecule has 1 unspecified atom stereocenters. The van der Waals surface area contributed by atoms with Gasteiger partial charge in [0.15, 0.2) is 0 Å². The van der Waals surface area contributed by atoms with Gasteiger partial charge >= 0.3 is 0 Å². The van der Waals surface area contributed by atoms with Crippen LogP contribution in [0.15, 0.2) is 17.5 Å². The first-order valence-electron chi connectivity index (χ1n) is 4.97. The lowest BCUT2D eigenvalue weighted by Gasteiger charge is -2.35. The van der Waals surface area contributed by atoms with Crippen LogP contribution in [0.1, 0.15) is 18.2 Å². The van der Waals surface area contributed by atoms with Crippen LogP contribution in [0.2, 0.25) is 0 Å². The van der Waals surface area contributed by atoms with Crippen molar-refractivity contribution in [3.63, 3.8) is 0 Å². The van der Waals surface area contributed by atoms with E-state index in [9.17, 15) is 5.11 Å². The maximum absolute atomic E-state index is 9.49. The van der Waals surface area contributed by atoms with Gasteiger partial charge in [-0.2, -0.15) is 0 Å². The van der Waals surface area contributed by atoms with Crippen LogP contribution in [0, 0.1) is 5.92 Å².